The molecule has 0 aromatic heterocycles. The van der Waals surface area contributed by atoms with Crippen molar-refractivity contribution < 1.29 is 14.0 Å². The topological polar surface area (TPSA) is 78.7 Å². The number of amides is 2. The molecule has 1 heterocycles. The van der Waals surface area contributed by atoms with Crippen molar-refractivity contribution in [2.75, 3.05) is 26.7 Å². The molecule has 0 saturated carbocycles. The first kappa shape index (κ1) is 27.4. The summed E-state index contributed by atoms with van der Waals surface area (Å²) in [5, 5.41) is 3.70. The lowest BCUT2D eigenvalue weighted by Gasteiger charge is -2.44. The molecule has 0 aliphatic carbocycles. The van der Waals surface area contributed by atoms with Gasteiger partial charge in [-0.05, 0) is 54.7 Å². The van der Waals surface area contributed by atoms with Crippen molar-refractivity contribution in [3.63, 3.8) is 0 Å². The lowest BCUT2D eigenvalue weighted by molar-refractivity contribution is -0.139. The van der Waals surface area contributed by atoms with Crippen LogP contribution in [0.25, 0.3) is 0 Å². The zero-order chi connectivity index (χ0) is 25.5. The molecule has 2 aromatic carbocycles. The second-order valence-electron chi connectivity index (χ2n) is 8.99. The number of likely N-dealkylation sites (N-methyl/N-ethyl adjacent to an activating group) is 1. The van der Waals surface area contributed by atoms with Gasteiger partial charge in [-0.1, -0.05) is 54.7 Å². The summed E-state index contributed by atoms with van der Waals surface area (Å²) in [5.41, 5.74) is 8.02. The van der Waals surface area contributed by atoms with Crippen molar-refractivity contribution in [1.82, 2.24) is 15.1 Å². The Morgan fingerprint density at radius 3 is 2.40 bits per heavy atom. The molecule has 1 fully saturated rings. The van der Waals surface area contributed by atoms with Crippen LogP contribution in [0.5, 0.6) is 0 Å². The van der Waals surface area contributed by atoms with Gasteiger partial charge in [0.1, 0.15) is 5.82 Å². The van der Waals surface area contributed by atoms with Crippen molar-refractivity contribution in [2.45, 2.75) is 50.7 Å². The smallest absolute Gasteiger partial charge is 0.240 e. The fraction of sp³-hybridized carbons (Fsp3) is 0.462. The van der Waals surface area contributed by atoms with Gasteiger partial charge in [-0.2, -0.15) is 0 Å². The average Bonchev–Trinajstić information content (AvgIpc) is 2.85. The van der Waals surface area contributed by atoms with E-state index in [1.807, 2.05) is 11.0 Å². The molecule has 1 aliphatic heterocycles. The highest BCUT2D eigenvalue weighted by Gasteiger charge is 2.36. The predicted octanol–water partition coefficient (Wildman–Crippen LogP) is 3.67. The number of rotatable bonds is 9. The van der Waals surface area contributed by atoms with Gasteiger partial charge in [0.2, 0.25) is 11.8 Å². The van der Waals surface area contributed by atoms with Crippen LogP contribution < -0.4 is 11.1 Å². The van der Waals surface area contributed by atoms with Gasteiger partial charge in [0.05, 0.1) is 22.1 Å². The van der Waals surface area contributed by atoms with Gasteiger partial charge < -0.3 is 16.0 Å². The Morgan fingerprint density at radius 1 is 1.09 bits per heavy atom. The van der Waals surface area contributed by atoms with Crippen LogP contribution in [0.1, 0.15) is 30.9 Å². The quantitative estimate of drug-likeness (QED) is 0.526. The van der Waals surface area contributed by atoms with Gasteiger partial charge in [0.15, 0.2) is 0 Å². The van der Waals surface area contributed by atoms with E-state index in [1.165, 1.54) is 12.1 Å². The Hall–Kier alpha value is -2.19. The van der Waals surface area contributed by atoms with E-state index in [9.17, 15) is 14.0 Å². The Morgan fingerprint density at radius 2 is 1.77 bits per heavy atom. The number of carbonyl (C=O) groups is 2. The Bertz CT molecular complexity index is 1020. The lowest BCUT2D eigenvalue weighted by Crippen LogP contribution is -2.62. The largest absolute Gasteiger partial charge is 0.358 e. The molecule has 190 valence electrons. The molecule has 9 heteroatoms. The monoisotopic (exact) mass is 522 g/mol. The summed E-state index contributed by atoms with van der Waals surface area (Å²) in [5.74, 6) is -0.521. The summed E-state index contributed by atoms with van der Waals surface area (Å²) in [6.45, 7) is 3.68. The van der Waals surface area contributed by atoms with E-state index in [1.54, 1.807) is 31.3 Å². The van der Waals surface area contributed by atoms with Crippen molar-refractivity contribution in [3.8, 4) is 0 Å². The van der Waals surface area contributed by atoms with Crippen LogP contribution in [0.3, 0.4) is 0 Å². The summed E-state index contributed by atoms with van der Waals surface area (Å²) in [4.78, 5) is 30.1. The van der Waals surface area contributed by atoms with E-state index < -0.39 is 12.1 Å². The lowest BCUT2D eigenvalue weighted by atomic mass is 9.98. The number of halogens is 3. The molecule has 3 atom stereocenters. The van der Waals surface area contributed by atoms with E-state index in [-0.39, 0.29) is 23.7 Å². The normalized spacial score (nSPS) is 18.2. The first-order valence-corrected chi connectivity index (χ1v) is 12.7. The molecule has 3 N–H and O–H groups in total. The number of nitrogens with one attached hydrogen (secondary N) is 1. The molecule has 0 radical (unpaired) electrons. The standard InChI is InChI=1S/C26H33Cl2FN4O2/c1-3-4-20-16-32(24(25(34)31-2)15-18-7-10-21(27)22(28)13-18)11-12-33(20)26(35)23(30)14-17-5-8-19(29)9-6-17/h5-10,13,20,23-24H,3-4,11-12,14-16,30H2,1-2H3,(H,31,34). The maximum atomic E-state index is 13.3. The van der Waals surface area contributed by atoms with Crippen LogP contribution in [-0.4, -0.2) is 66.4 Å². The summed E-state index contributed by atoms with van der Waals surface area (Å²) in [6, 6.07) is 10.3. The van der Waals surface area contributed by atoms with Crippen LogP contribution in [0.4, 0.5) is 4.39 Å². The molecule has 1 saturated heterocycles. The molecule has 3 unspecified atom stereocenters. The molecule has 1 aliphatic rings. The van der Waals surface area contributed by atoms with Crippen LogP contribution in [0, 0.1) is 5.82 Å². The minimum absolute atomic E-state index is 0.0542. The van der Waals surface area contributed by atoms with Gasteiger partial charge in [0, 0.05) is 32.7 Å². The SMILES string of the molecule is CCCC1CN(C(Cc2ccc(Cl)c(Cl)c2)C(=O)NC)CCN1C(=O)C(N)Cc1ccc(F)cc1. The first-order chi connectivity index (χ1) is 16.7. The molecular formula is C26H33Cl2FN4O2. The molecule has 35 heavy (non-hydrogen) atoms. The third-order valence-corrected chi connectivity index (χ3v) is 7.25. The summed E-state index contributed by atoms with van der Waals surface area (Å²) < 4.78 is 13.2. The van der Waals surface area contributed by atoms with Gasteiger partial charge in [0.25, 0.3) is 0 Å². The average molecular weight is 523 g/mol. The number of hydrogen-bond acceptors (Lipinski definition) is 4. The van der Waals surface area contributed by atoms with Crippen LogP contribution >= 0.6 is 23.2 Å². The maximum absolute atomic E-state index is 13.3. The number of benzene rings is 2. The number of nitrogens with zero attached hydrogens (tertiary/aromatic N) is 2. The Labute approximate surface area is 216 Å². The van der Waals surface area contributed by atoms with Crippen molar-refractivity contribution >= 4 is 35.0 Å². The van der Waals surface area contributed by atoms with Crippen LogP contribution in [0.2, 0.25) is 10.0 Å². The second-order valence-corrected chi connectivity index (χ2v) is 9.80. The summed E-state index contributed by atoms with van der Waals surface area (Å²) >= 11 is 12.2. The van der Waals surface area contributed by atoms with Crippen LogP contribution in [0.15, 0.2) is 42.5 Å². The van der Waals surface area contributed by atoms with Crippen molar-refractivity contribution in [3.05, 3.63) is 69.5 Å². The molecule has 0 bridgehead atoms. The maximum Gasteiger partial charge on any atom is 0.240 e. The molecule has 2 aromatic rings. The van der Waals surface area contributed by atoms with E-state index in [0.717, 1.165) is 24.0 Å². The number of hydrogen-bond donors (Lipinski definition) is 2. The molecule has 3 rings (SSSR count). The Kier molecular flexibility index (Phi) is 9.92. The number of carbonyl (C=O) groups excluding carboxylic acids is 2. The fourth-order valence-electron chi connectivity index (χ4n) is 4.65. The highest BCUT2D eigenvalue weighted by molar-refractivity contribution is 6.42. The van der Waals surface area contributed by atoms with E-state index in [0.29, 0.717) is 42.5 Å². The first-order valence-electron chi connectivity index (χ1n) is 11.9. The third-order valence-electron chi connectivity index (χ3n) is 6.51. The molecular weight excluding hydrogens is 490 g/mol. The number of nitrogens with two attached hydrogens (primary N) is 1. The van der Waals surface area contributed by atoms with E-state index in [4.69, 9.17) is 28.9 Å². The van der Waals surface area contributed by atoms with Gasteiger partial charge in [-0.15, -0.1) is 0 Å². The van der Waals surface area contributed by atoms with E-state index in [2.05, 4.69) is 17.1 Å². The molecule has 6 nitrogen and oxygen atoms in total. The zero-order valence-electron chi connectivity index (χ0n) is 20.1. The zero-order valence-corrected chi connectivity index (χ0v) is 21.7. The second kappa shape index (κ2) is 12.7. The summed E-state index contributed by atoms with van der Waals surface area (Å²) in [7, 11) is 1.63. The van der Waals surface area contributed by atoms with Crippen LogP contribution in [-0.2, 0) is 22.4 Å². The summed E-state index contributed by atoms with van der Waals surface area (Å²) in [6.07, 6.45) is 2.52. The minimum Gasteiger partial charge on any atom is -0.358 e. The van der Waals surface area contributed by atoms with Gasteiger partial charge in [-0.3, -0.25) is 14.5 Å². The molecule has 0 spiro atoms. The number of piperazine rings is 1. The third kappa shape index (κ3) is 7.17. The molecule has 2 amide bonds. The minimum atomic E-state index is -0.711. The van der Waals surface area contributed by atoms with Gasteiger partial charge >= 0.3 is 0 Å². The highest BCUT2D eigenvalue weighted by Crippen LogP contribution is 2.25. The fourth-order valence-corrected chi connectivity index (χ4v) is 4.97. The van der Waals surface area contributed by atoms with Crippen molar-refractivity contribution in [1.29, 1.82) is 0 Å². The Balaban J connectivity index is 1.72. The highest BCUT2D eigenvalue weighted by atomic mass is 35.5. The van der Waals surface area contributed by atoms with E-state index >= 15 is 0 Å². The van der Waals surface area contributed by atoms with Crippen molar-refractivity contribution in [2.24, 2.45) is 5.73 Å². The van der Waals surface area contributed by atoms with Gasteiger partial charge in [-0.25, -0.2) is 4.39 Å². The predicted molar refractivity (Wildman–Crippen MR) is 138 cm³/mol.